The average Bonchev–Trinajstić information content (AvgIpc) is 3.06. The molecule has 0 amide bonds. The summed E-state index contributed by atoms with van der Waals surface area (Å²) in [6.07, 6.45) is 3.23. The number of carbonyl (C=O) groups excluding carboxylic acids is 3. The van der Waals surface area contributed by atoms with E-state index < -0.39 is 70.1 Å². The number of hydrogen-bond donors (Lipinski definition) is 1. The van der Waals surface area contributed by atoms with Crippen LogP contribution in [0.3, 0.4) is 0 Å². The number of rotatable bonds is 7. The zero-order valence-corrected chi connectivity index (χ0v) is 29.2. The van der Waals surface area contributed by atoms with Gasteiger partial charge in [0.15, 0.2) is 0 Å². The first kappa shape index (κ1) is 34.7. The number of carbonyl (C=O) groups is 3. The summed E-state index contributed by atoms with van der Waals surface area (Å²) in [5.74, 6) is -2.45. The van der Waals surface area contributed by atoms with E-state index in [4.69, 9.17) is 23.4 Å². The van der Waals surface area contributed by atoms with Crippen molar-refractivity contribution in [2.75, 3.05) is 12.9 Å². The van der Waals surface area contributed by atoms with Gasteiger partial charge in [-0.05, 0) is 80.2 Å². The number of aliphatic hydroxyl groups excluding tert-OH is 1. The van der Waals surface area contributed by atoms with Crippen LogP contribution in [0.15, 0.2) is 69.0 Å². The van der Waals surface area contributed by atoms with Crippen molar-refractivity contribution < 1.29 is 42.9 Å². The topological polar surface area (TPSA) is 151 Å². The SMILES string of the molecule is CSc1ccc(C(=O)O[C@H]2CC3C(C)(COC(C)=O)[C@@H](OC(C)=O)CC[C@]3(C)C3[C@@H](O)c4c(cc(-c5cccnc5)oc4=O)O[C@@]32C)cc1. The van der Waals surface area contributed by atoms with Gasteiger partial charge in [0, 0.05) is 54.1 Å². The van der Waals surface area contributed by atoms with Crippen molar-refractivity contribution >= 4 is 29.7 Å². The van der Waals surface area contributed by atoms with Crippen molar-refractivity contribution in [3.8, 4) is 17.1 Å². The van der Waals surface area contributed by atoms with Gasteiger partial charge >= 0.3 is 23.5 Å². The predicted octanol–water partition coefficient (Wildman–Crippen LogP) is 5.77. The molecule has 0 bridgehead atoms. The molecule has 0 radical (unpaired) electrons. The van der Waals surface area contributed by atoms with Crippen LogP contribution < -0.4 is 10.4 Å². The third-order valence-electron chi connectivity index (χ3n) is 11.0. The van der Waals surface area contributed by atoms with Crippen molar-refractivity contribution in [1.29, 1.82) is 0 Å². The minimum atomic E-state index is -1.38. The summed E-state index contributed by atoms with van der Waals surface area (Å²) in [5, 5.41) is 12.3. The molecule has 49 heavy (non-hydrogen) atoms. The van der Waals surface area contributed by atoms with Gasteiger partial charge in [-0.3, -0.25) is 14.6 Å². The van der Waals surface area contributed by atoms with Crippen LogP contribution in [0.2, 0.25) is 0 Å². The molecular weight excluding hydrogens is 650 g/mol. The molecule has 3 unspecified atom stereocenters. The van der Waals surface area contributed by atoms with Gasteiger partial charge in [0.05, 0.1) is 11.7 Å². The van der Waals surface area contributed by atoms with Crippen LogP contribution in [-0.2, 0) is 23.8 Å². The number of aliphatic hydroxyl groups is 1. The van der Waals surface area contributed by atoms with Gasteiger partial charge in [0.25, 0.3) is 0 Å². The Hall–Kier alpha value is -4.16. The fourth-order valence-electron chi connectivity index (χ4n) is 8.76. The summed E-state index contributed by atoms with van der Waals surface area (Å²) in [7, 11) is 0. The Morgan fingerprint density at radius 2 is 1.78 bits per heavy atom. The molecule has 2 fully saturated rings. The van der Waals surface area contributed by atoms with E-state index >= 15 is 0 Å². The molecule has 8 atom stereocenters. The number of ether oxygens (including phenoxy) is 4. The summed E-state index contributed by atoms with van der Waals surface area (Å²) >= 11 is 1.55. The van der Waals surface area contributed by atoms with Gasteiger partial charge in [-0.25, -0.2) is 9.59 Å². The van der Waals surface area contributed by atoms with Crippen LogP contribution in [0.5, 0.6) is 5.75 Å². The smallest absolute Gasteiger partial charge is 0.345 e. The first-order valence-electron chi connectivity index (χ1n) is 16.3. The molecule has 2 aromatic heterocycles. The Morgan fingerprint density at radius 1 is 1.04 bits per heavy atom. The van der Waals surface area contributed by atoms with E-state index in [9.17, 15) is 24.3 Å². The summed E-state index contributed by atoms with van der Waals surface area (Å²) in [5.41, 5.74) is -2.96. The lowest BCUT2D eigenvalue weighted by atomic mass is 9.42. The maximum Gasteiger partial charge on any atom is 0.345 e. The first-order chi connectivity index (χ1) is 23.2. The molecule has 1 aromatic carbocycles. The molecule has 12 heteroatoms. The number of pyridine rings is 1. The minimum Gasteiger partial charge on any atom is -0.482 e. The predicted molar refractivity (Wildman–Crippen MR) is 179 cm³/mol. The molecule has 6 rings (SSSR count). The molecule has 2 aliphatic carbocycles. The second-order valence-corrected chi connectivity index (χ2v) is 14.8. The summed E-state index contributed by atoms with van der Waals surface area (Å²) < 4.78 is 30.3. The van der Waals surface area contributed by atoms with E-state index in [0.717, 1.165) is 4.90 Å². The number of nitrogens with zero attached hydrogens (tertiary/aromatic N) is 1. The third kappa shape index (κ3) is 6.03. The number of fused-ring (bicyclic) bond motifs is 4. The largest absolute Gasteiger partial charge is 0.482 e. The second kappa shape index (κ2) is 12.9. The molecular formula is C37H41NO10S. The number of esters is 3. The normalized spacial score (nSPS) is 31.6. The quantitative estimate of drug-likeness (QED) is 0.182. The van der Waals surface area contributed by atoms with Crippen LogP contribution in [-0.4, -0.2) is 58.7 Å². The van der Waals surface area contributed by atoms with Crippen molar-refractivity contribution in [2.24, 2.45) is 22.7 Å². The van der Waals surface area contributed by atoms with E-state index in [-0.39, 0.29) is 30.1 Å². The van der Waals surface area contributed by atoms with E-state index in [2.05, 4.69) is 4.98 Å². The van der Waals surface area contributed by atoms with Crippen molar-refractivity contribution in [3.05, 3.63) is 76.4 Å². The van der Waals surface area contributed by atoms with Crippen molar-refractivity contribution in [3.63, 3.8) is 0 Å². The second-order valence-electron chi connectivity index (χ2n) is 14.0. The fourth-order valence-corrected chi connectivity index (χ4v) is 9.17. The lowest BCUT2D eigenvalue weighted by Gasteiger charge is -2.66. The van der Waals surface area contributed by atoms with Gasteiger partial charge in [0.2, 0.25) is 0 Å². The molecule has 3 aromatic rings. The van der Waals surface area contributed by atoms with Crippen LogP contribution >= 0.6 is 11.8 Å². The van der Waals surface area contributed by atoms with Gasteiger partial charge < -0.3 is 28.5 Å². The van der Waals surface area contributed by atoms with E-state index in [1.165, 1.54) is 13.8 Å². The van der Waals surface area contributed by atoms with Crippen LogP contribution in [0.1, 0.15) is 75.9 Å². The first-order valence-corrected chi connectivity index (χ1v) is 17.5. The number of benzene rings is 1. The number of aromatic nitrogens is 1. The Morgan fingerprint density at radius 3 is 2.41 bits per heavy atom. The van der Waals surface area contributed by atoms with Gasteiger partial charge in [-0.2, -0.15) is 0 Å². The fraction of sp³-hybridized carbons (Fsp3) is 0.486. The summed E-state index contributed by atoms with van der Waals surface area (Å²) in [6.45, 7) is 8.28. The number of hydrogen-bond acceptors (Lipinski definition) is 12. The zero-order chi connectivity index (χ0) is 35.3. The lowest BCUT2D eigenvalue weighted by molar-refractivity contribution is -0.266. The highest BCUT2D eigenvalue weighted by atomic mass is 32.2. The van der Waals surface area contributed by atoms with E-state index in [0.29, 0.717) is 24.0 Å². The molecule has 0 saturated heterocycles. The Kier molecular flexibility index (Phi) is 9.16. The molecule has 3 heterocycles. The van der Waals surface area contributed by atoms with Crippen molar-refractivity contribution in [2.45, 2.75) is 82.7 Å². The Balaban J connectivity index is 1.49. The lowest BCUT2D eigenvalue weighted by Crippen LogP contribution is -2.71. The van der Waals surface area contributed by atoms with Gasteiger partial charge in [0.1, 0.15) is 41.5 Å². The average molecular weight is 692 g/mol. The van der Waals surface area contributed by atoms with E-state index in [1.54, 1.807) is 61.4 Å². The number of thioether (sulfide) groups is 1. The maximum atomic E-state index is 13.8. The molecule has 2 saturated carbocycles. The standard InChI is InChI=1S/C37H41NO10S/c1-20(39)44-19-36(4)27-17-29(47-33(42)22-9-11-24(49-6)12-10-22)37(5)32(35(27,3)14-13-28(36)45-21(2)40)31(41)30-26(48-37)16-25(46-34(30)43)23-8-7-15-38-18-23/h7-12,15-16,18,27-29,31-32,41H,13-14,17,19H2,1-6H3/t27?,28-,29-,31-,32?,35-,36?,37+/m0/s1. The third-order valence-corrected chi connectivity index (χ3v) is 11.7. The molecule has 0 spiro atoms. The van der Waals surface area contributed by atoms with Crippen molar-refractivity contribution in [1.82, 2.24) is 4.98 Å². The molecule has 1 aliphatic heterocycles. The Labute approximate surface area is 288 Å². The molecule has 1 N–H and O–H groups in total. The summed E-state index contributed by atoms with van der Waals surface area (Å²) in [6, 6.07) is 12.1. The highest BCUT2D eigenvalue weighted by molar-refractivity contribution is 7.98. The monoisotopic (exact) mass is 691 g/mol. The summed E-state index contributed by atoms with van der Waals surface area (Å²) in [4.78, 5) is 57.0. The zero-order valence-electron chi connectivity index (χ0n) is 28.4. The van der Waals surface area contributed by atoms with E-state index in [1.807, 2.05) is 32.2 Å². The minimum absolute atomic E-state index is 0.0291. The molecule has 260 valence electrons. The van der Waals surface area contributed by atoms with Gasteiger partial charge in [-0.15, -0.1) is 11.8 Å². The molecule has 11 nitrogen and oxygen atoms in total. The van der Waals surface area contributed by atoms with Crippen LogP contribution in [0.4, 0.5) is 0 Å². The maximum absolute atomic E-state index is 13.8. The Bertz CT molecular complexity index is 1810. The van der Waals surface area contributed by atoms with Crippen LogP contribution in [0, 0.1) is 22.7 Å². The highest BCUT2D eigenvalue weighted by Crippen LogP contribution is 2.67. The van der Waals surface area contributed by atoms with Gasteiger partial charge in [-0.1, -0.05) is 13.8 Å². The van der Waals surface area contributed by atoms with Crippen LogP contribution in [0.25, 0.3) is 11.3 Å². The highest BCUT2D eigenvalue weighted by Gasteiger charge is 2.71. The molecule has 3 aliphatic rings.